The molecule has 2 aromatic carbocycles. The Kier molecular flexibility index (Phi) is 4.58. The summed E-state index contributed by atoms with van der Waals surface area (Å²) < 4.78 is 0.788. The number of benzene rings is 2. The molecule has 0 aliphatic heterocycles. The van der Waals surface area contributed by atoms with E-state index in [0.717, 1.165) is 15.7 Å². The van der Waals surface area contributed by atoms with Crippen LogP contribution in [0.4, 0.5) is 11.4 Å². The van der Waals surface area contributed by atoms with Crippen LogP contribution in [0.25, 0.3) is 0 Å². The van der Waals surface area contributed by atoms with Crippen molar-refractivity contribution in [2.45, 2.75) is 6.92 Å². The van der Waals surface area contributed by atoms with Crippen molar-refractivity contribution >= 4 is 33.2 Å². The zero-order valence-corrected chi connectivity index (χ0v) is 12.9. The molecule has 0 aliphatic rings. The third-order valence-corrected chi connectivity index (χ3v) is 3.49. The average Bonchev–Trinajstić information content (AvgIpc) is 2.47. The van der Waals surface area contributed by atoms with Crippen molar-refractivity contribution in [3.8, 4) is 6.07 Å². The topological polar surface area (TPSA) is 90.9 Å². The summed E-state index contributed by atoms with van der Waals surface area (Å²) in [5.74, 6) is 5.08. The van der Waals surface area contributed by atoms with E-state index in [1.807, 2.05) is 13.0 Å². The number of nitrogens with one attached hydrogen (secondary N) is 2. The quantitative estimate of drug-likeness (QED) is 0.589. The number of nitrogens with zero attached hydrogens (tertiary/aromatic N) is 1. The van der Waals surface area contributed by atoms with Crippen LogP contribution >= 0.6 is 15.9 Å². The normalized spacial score (nSPS) is 9.81. The van der Waals surface area contributed by atoms with Crippen LogP contribution in [0, 0.1) is 18.3 Å². The Bertz CT molecular complexity index is 737. The number of carbonyl (C=O) groups excluding carboxylic acids is 1. The number of aryl methyl sites for hydroxylation is 1. The second-order valence-electron chi connectivity index (χ2n) is 4.43. The monoisotopic (exact) mass is 344 g/mol. The SMILES string of the molecule is Cc1cc(C(=O)Nc2cc(Br)ccc2C#N)ccc1NN. The Morgan fingerprint density at radius 1 is 1.24 bits per heavy atom. The lowest BCUT2D eigenvalue weighted by Gasteiger charge is -2.10. The number of hydrogen-bond donors (Lipinski definition) is 3. The van der Waals surface area contributed by atoms with Crippen LogP contribution in [0.1, 0.15) is 21.5 Å². The highest BCUT2D eigenvalue weighted by Gasteiger charge is 2.11. The maximum absolute atomic E-state index is 12.3. The van der Waals surface area contributed by atoms with Crippen LogP contribution in [0.3, 0.4) is 0 Å². The first kappa shape index (κ1) is 15.0. The first-order valence-electron chi connectivity index (χ1n) is 6.13. The van der Waals surface area contributed by atoms with Crippen molar-refractivity contribution < 1.29 is 4.79 Å². The summed E-state index contributed by atoms with van der Waals surface area (Å²) in [6, 6.07) is 12.3. The van der Waals surface area contributed by atoms with Gasteiger partial charge in [0.1, 0.15) is 6.07 Å². The fourth-order valence-electron chi connectivity index (χ4n) is 1.88. The van der Waals surface area contributed by atoms with E-state index in [0.29, 0.717) is 16.8 Å². The van der Waals surface area contributed by atoms with Crippen molar-refractivity contribution in [3.63, 3.8) is 0 Å². The number of nitrogen functional groups attached to an aromatic ring is 1. The minimum absolute atomic E-state index is 0.281. The summed E-state index contributed by atoms with van der Waals surface area (Å²) in [6.07, 6.45) is 0. The molecule has 0 unspecified atom stereocenters. The molecule has 21 heavy (non-hydrogen) atoms. The molecule has 2 aromatic rings. The predicted molar refractivity (Wildman–Crippen MR) is 85.8 cm³/mol. The Labute approximate surface area is 130 Å². The summed E-state index contributed by atoms with van der Waals surface area (Å²) in [5.41, 5.74) is 5.54. The highest BCUT2D eigenvalue weighted by atomic mass is 79.9. The molecule has 6 heteroatoms. The second kappa shape index (κ2) is 6.39. The standard InChI is InChI=1S/C15H13BrN4O/c1-9-6-10(3-5-13(9)20-18)15(21)19-14-7-12(16)4-2-11(14)8-17/h2-7,20H,18H2,1H3,(H,19,21). The van der Waals surface area contributed by atoms with Crippen molar-refractivity contribution in [2.24, 2.45) is 5.84 Å². The third kappa shape index (κ3) is 3.40. The molecule has 1 amide bonds. The van der Waals surface area contributed by atoms with E-state index >= 15 is 0 Å². The van der Waals surface area contributed by atoms with E-state index in [-0.39, 0.29) is 5.91 Å². The Hall–Kier alpha value is -2.36. The van der Waals surface area contributed by atoms with Gasteiger partial charge in [-0.05, 0) is 48.9 Å². The maximum Gasteiger partial charge on any atom is 0.255 e. The molecular formula is C15H13BrN4O. The number of rotatable bonds is 3. The molecule has 0 aromatic heterocycles. The molecule has 2 rings (SSSR count). The molecule has 5 nitrogen and oxygen atoms in total. The number of hydrazine groups is 1. The van der Waals surface area contributed by atoms with E-state index in [9.17, 15) is 4.79 Å². The van der Waals surface area contributed by atoms with Gasteiger partial charge in [-0.1, -0.05) is 15.9 Å². The van der Waals surface area contributed by atoms with Gasteiger partial charge < -0.3 is 10.7 Å². The zero-order chi connectivity index (χ0) is 15.4. The first-order valence-corrected chi connectivity index (χ1v) is 6.92. The van der Waals surface area contributed by atoms with Gasteiger partial charge >= 0.3 is 0 Å². The Morgan fingerprint density at radius 2 is 2.00 bits per heavy atom. The molecule has 0 radical (unpaired) electrons. The number of hydrogen-bond acceptors (Lipinski definition) is 4. The largest absolute Gasteiger partial charge is 0.324 e. The molecule has 4 N–H and O–H groups in total. The molecule has 0 heterocycles. The number of carbonyl (C=O) groups is 1. The van der Waals surface area contributed by atoms with E-state index in [4.69, 9.17) is 11.1 Å². The van der Waals surface area contributed by atoms with E-state index in [1.54, 1.807) is 36.4 Å². The zero-order valence-electron chi connectivity index (χ0n) is 11.3. The predicted octanol–water partition coefficient (Wildman–Crippen LogP) is 3.17. The molecule has 0 fully saturated rings. The lowest BCUT2D eigenvalue weighted by Crippen LogP contribution is -2.14. The summed E-state index contributed by atoms with van der Waals surface area (Å²) in [6.45, 7) is 1.85. The molecule has 106 valence electrons. The van der Waals surface area contributed by atoms with E-state index in [1.165, 1.54) is 0 Å². The van der Waals surface area contributed by atoms with Gasteiger partial charge in [-0.25, -0.2) is 0 Å². The number of anilines is 2. The Balaban J connectivity index is 2.28. The second-order valence-corrected chi connectivity index (χ2v) is 5.35. The molecule has 0 spiro atoms. The fraction of sp³-hybridized carbons (Fsp3) is 0.0667. The molecule has 0 atom stereocenters. The summed E-state index contributed by atoms with van der Waals surface area (Å²) in [7, 11) is 0. The van der Waals surface area contributed by atoms with Crippen LogP contribution in [-0.2, 0) is 0 Å². The van der Waals surface area contributed by atoms with Gasteiger partial charge in [-0.3, -0.25) is 10.6 Å². The van der Waals surface area contributed by atoms with Gasteiger partial charge in [-0.2, -0.15) is 5.26 Å². The Morgan fingerprint density at radius 3 is 2.62 bits per heavy atom. The van der Waals surface area contributed by atoms with Crippen molar-refractivity contribution in [2.75, 3.05) is 10.7 Å². The number of amides is 1. The minimum Gasteiger partial charge on any atom is -0.324 e. The summed E-state index contributed by atoms with van der Waals surface area (Å²) >= 11 is 3.32. The highest BCUT2D eigenvalue weighted by Crippen LogP contribution is 2.22. The highest BCUT2D eigenvalue weighted by molar-refractivity contribution is 9.10. The summed E-state index contributed by atoms with van der Waals surface area (Å²) in [5, 5.41) is 11.8. The van der Waals surface area contributed by atoms with E-state index < -0.39 is 0 Å². The van der Waals surface area contributed by atoms with Gasteiger partial charge in [0.15, 0.2) is 0 Å². The van der Waals surface area contributed by atoms with Gasteiger partial charge in [0.05, 0.1) is 16.9 Å². The average molecular weight is 345 g/mol. The van der Waals surface area contributed by atoms with Crippen molar-refractivity contribution in [1.82, 2.24) is 0 Å². The smallest absolute Gasteiger partial charge is 0.255 e. The number of nitrogens with two attached hydrogens (primary N) is 1. The fourth-order valence-corrected chi connectivity index (χ4v) is 2.24. The van der Waals surface area contributed by atoms with Crippen LogP contribution in [-0.4, -0.2) is 5.91 Å². The maximum atomic E-state index is 12.3. The van der Waals surface area contributed by atoms with Crippen LogP contribution < -0.4 is 16.6 Å². The molecule has 0 aliphatic carbocycles. The van der Waals surface area contributed by atoms with Crippen LogP contribution in [0.5, 0.6) is 0 Å². The number of nitriles is 1. The molecule has 0 saturated heterocycles. The lowest BCUT2D eigenvalue weighted by atomic mass is 10.1. The van der Waals surface area contributed by atoms with Crippen LogP contribution in [0.2, 0.25) is 0 Å². The molecular weight excluding hydrogens is 332 g/mol. The van der Waals surface area contributed by atoms with Gasteiger partial charge in [-0.15, -0.1) is 0 Å². The van der Waals surface area contributed by atoms with Gasteiger partial charge in [0.25, 0.3) is 5.91 Å². The van der Waals surface area contributed by atoms with Crippen LogP contribution in [0.15, 0.2) is 40.9 Å². The minimum atomic E-state index is -0.281. The van der Waals surface area contributed by atoms with E-state index in [2.05, 4.69) is 26.7 Å². The van der Waals surface area contributed by atoms with Crippen molar-refractivity contribution in [3.05, 3.63) is 57.6 Å². The lowest BCUT2D eigenvalue weighted by molar-refractivity contribution is 0.102. The van der Waals surface area contributed by atoms with Crippen molar-refractivity contribution in [1.29, 1.82) is 5.26 Å². The third-order valence-electron chi connectivity index (χ3n) is 2.99. The van der Waals surface area contributed by atoms with Gasteiger partial charge in [0, 0.05) is 10.0 Å². The summed E-state index contributed by atoms with van der Waals surface area (Å²) in [4.78, 5) is 12.3. The van der Waals surface area contributed by atoms with Gasteiger partial charge in [0.2, 0.25) is 0 Å². The first-order chi connectivity index (χ1) is 10.0. The molecule has 0 bridgehead atoms. The number of halogens is 1. The molecule has 0 saturated carbocycles.